The molecule has 0 saturated carbocycles. The number of aliphatic hydroxyl groups excluding tert-OH is 1. The van der Waals surface area contributed by atoms with Crippen molar-refractivity contribution in [3.8, 4) is 11.4 Å². The zero-order valence-corrected chi connectivity index (χ0v) is 12.9. The summed E-state index contributed by atoms with van der Waals surface area (Å²) in [5.74, 6) is 1.12. The fraction of sp³-hybridized carbons (Fsp3) is 0.600. The Morgan fingerprint density at radius 2 is 2.14 bits per heavy atom. The maximum Gasteiger partial charge on any atom is 0.241 e. The van der Waals surface area contributed by atoms with Gasteiger partial charge in [0.1, 0.15) is 6.26 Å². The number of hydrogen-bond donors (Lipinski definition) is 1. The van der Waals surface area contributed by atoms with Crippen LogP contribution in [0.5, 0.6) is 0 Å². The summed E-state index contributed by atoms with van der Waals surface area (Å²) in [6.45, 7) is 9.03. The summed E-state index contributed by atoms with van der Waals surface area (Å²) in [6.07, 6.45) is 3.91. The highest BCUT2D eigenvalue weighted by Gasteiger charge is 2.19. The first-order valence-corrected chi connectivity index (χ1v) is 7.16. The second-order valence-electron chi connectivity index (χ2n) is 6.37. The monoisotopic (exact) mass is 293 g/mol. The van der Waals surface area contributed by atoms with Crippen LogP contribution in [0.2, 0.25) is 0 Å². The van der Waals surface area contributed by atoms with Crippen LogP contribution in [0.15, 0.2) is 27.5 Å². The number of furan rings is 1. The summed E-state index contributed by atoms with van der Waals surface area (Å²) in [6, 6.07) is 1.80. The summed E-state index contributed by atoms with van der Waals surface area (Å²) in [4.78, 5) is 6.61. The van der Waals surface area contributed by atoms with E-state index in [1.807, 2.05) is 0 Å². The molecule has 0 aliphatic rings. The van der Waals surface area contributed by atoms with Gasteiger partial charge in [-0.1, -0.05) is 25.9 Å². The van der Waals surface area contributed by atoms with E-state index >= 15 is 0 Å². The van der Waals surface area contributed by atoms with E-state index in [4.69, 9.17) is 14.0 Å². The van der Waals surface area contributed by atoms with Gasteiger partial charge in [-0.2, -0.15) is 4.98 Å². The van der Waals surface area contributed by atoms with E-state index in [1.54, 1.807) is 18.6 Å². The second-order valence-corrected chi connectivity index (χ2v) is 6.37. The van der Waals surface area contributed by atoms with Gasteiger partial charge in [0.05, 0.1) is 18.4 Å². The SMILES string of the molecule is CC(C)(C)CN(CCCO)Cc1nc(-c2ccoc2)no1. The highest BCUT2D eigenvalue weighted by molar-refractivity contribution is 5.51. The molecule has 0 aromatic carbocycles. The summed E-state index contributed by atoms with van der Waals surface area (Å²) >= 11 is 0. The molecule has 0 radical (unpaired) electrons. The topological polar surface area (TPSA) is 75.5 Å². The van der Waals surface area contributed by atoms with E-state index in [1.165, 1.54) is 0 Å². The molecule has 2 aromatic heterocycles. The maximum atomic E-state index is 9.02. The van der Waals surface area contributed by atoms with Gasteiger partial charge in [-0.15, -0.1) is 0 Å². The van der Waals surface area contributed by atoms with Crippen molar-refractivity contribution >= 4 is 0 Å². The zero-order valence-electron chi connectivity index (χ0n) is 12.9. The molecule has 0 saturated heterocycles. The number of aliphatic hydroxyl groups is 1. The van der Waals surface area contributed by atoms with Gasteiger partial charge in [0.15, 0.2) is 0 Å². The summed E-state index contributed by atoms with van der Waals surface area (Å²) in [5, 5.41) is 13.0. The molecule has 0 amide bonds. The fourth-order valence-corrected chi connectivity index (χ4v) is 2.20. The van der Waals surface area contributed by atoms with Crippen molar-refractivity contribution in [1.82, 2.24) is 15.0 Å². The lowest BCUT2D eigenvalue weighted by atomic mass is 9.96. The van der Waals surface area contributed by atoms with Crippen LogP contribution in [-0.2, 0) is 6.54 Å². The third-order valence-electron chi connectivity index (χ3n) is 2.94. The van der Waals surface area contributed by atoms with E-state index in [2.05, 4.69) is 35.8 Å². The first-order valence-electron chi connectivity index (χ1n) is 7.16. The molecule has 116 valence electrons. The van der Waals surface area contributed by atoms with E-state index in [0.717, 1.165) is 25.1 Å². The Morgan fingerprint density at radius 3 is 2.76 bits per heavy atom. The van der Waals surface area contributed by atoms with Gasteiger partial charge >= 0.3 is 0 Å². The Labute approximate surface area is 124 Å². The van der Waals surface area contributed by atoms with Crippen LogP contribution in [0.4, 0.5) is 0 Å². The third kappa shape index (κ3) is 4.99. The van der Waals surface area contributed by atoms with E-state index in [-0.39, 0.29) is 12.0 Å². The van der Waals surface area contributed by atoms with Crippen molar-refractivity contribution in [2.45, 2.75) is 33.7 Å². The molecular weight excluding hydrogens is 270 g/mol. The van der Waals surface area contributed by atoms with Crippen molar-refractivity contribution < 1.29 is 14.0 Å². The molecule has 6 nitrogen and oxygen atoms in total. The molecule has 0 aliphatic heterocycles. The molecule has 2 heterocycles. The number of aromatic nitrogens is 2. The van der Waals surface area contributed by atoms with Crippen LogP contribution in [-0.4, -0.2) is 39.8 Å². The van der Waals surface area contributed by atoms with Crippen molar-refractivity contribution in [3.05, 3.63) is 24.5 Å². The van der Waals surface area contributed by atoms with E-state index in [0.29, 0.717) is 18.3 Å². The number of hydrogen-bond acceptors (Lipinski definition) is 6. The maximum absolute atomic E-state index is 9.02. The number of rotatable bonds is 7. The molecule has 0 atom stereocenters. The average Bonchev–Trinajstić information content (AvgIpc) is 3.04. The summed E-state index contributed by atoms with van der Waals surface area (Å²) < 4.78 is 10.3. The lowest BCUT2D eigenvalue weighted by molar-refractivity contribution is 0.150. The molecule has 0 aliphatic carbocycles. The van der Waals surface area contributed by atoms with Gasteiger partial charge in [-0.05, 0) is 17.9 Å². The van der Waals surface area contributed by atoms with Crippen molar-refractivity contribution in [2.24, 2.45) is 5.41 Å². The first kappa shape index (κ1) is 15.7. The lowest BCUT2D eigenvalue weighted by Crippen LogP contribution is -2.33. The molecule has 6 heteroatoms. The van der Waals surface area contributed by atoms with Crippen LogP contribution >= 0.6 is 0 Å². The van der Waals surface area contributed by atoms with Gasteiger partial charge in [0.25, 0.3) is 0 Å². The molecule has 2 rings (SSSR count). The third-order valence-corrected chi connectivity index (χ3v) is 2.94. The second kappa shape index (κ2) is 6.87. The van der Waals surface area contributed by atoms with Crippen molar-refractivity contribution in [2.75, 3.05) is 19.7 Å². The summed E-state index contributed by atoms with van der Waals surface area (Å²) in [5.41, 5.74) is 0.978. The Kier molecular flexibility index (Phi) is 5.14. The van der Waals surface area contributed by atoms with Crippen LogP contribution in [0, 0.1) is 5.41 Å². The minimum absolute atomic E-state index is 0.170. The van der Waals surface area contributed by atoms with Crippen LogP contribution in [0.25, 0.3) is 11.4 Å². The minimum Gasteiger partial charge on any atom is -0.472 e. The van der Waals surface area contributed by atoms with Crippen LogP contribution < -0.4 is 0 Å². The average molecular weight is 293 g/mol. The molecule has 21 heavy (non-hydrogen) atoms. The van der Waals surface area contributed by atoms with Gasteiger partial charge in [-0.3, -0.25) is 4.90 Å². The fourth-order valence-electron chi connectivity index (χ4n) is 2.20. The summed E-state index contributed by atoms with van der Waals surface area (Å²) in [7, 11) is 0. The van der Waals surface area contributed by atoms with Crippen LogP contribution in [0.3, 0.4) is 0 Å². The molecule has 0 spiro atoms. The highest BCUT2D eigenvalue weighted by atomic mass is 16.5. The smallest absolute Gasteiger partial charge is 0.241 e. The predicted molar refractivity (Wildman–Crippen MR) is 78.4 cm³/mol. The van der Waals surface area contributed by atoms with Gasteiger partial charge < -0.3 is 14.0 Å². The van der Waals surface area contributed by atoms with Crippen molar-refractivity contribution in [3.63, 3.8) is 0 Å². The first-order chi connectivity index (χ1) is 9.98. The highest BCUT2D eigenvalue weighted by Crippen LogP contribution is 2.19. The zero-order chi connectivity index (χ0) is 15.3. The van der Waals surface area contributed by atoms with Gasteiger partial charge in [-0.25, -0.2) is 0 Å². The standard InChI is InChI=1S/C15H23N3O3/c1-15(2,3)11-18(6-4-7-19)9-13-16-14(17-21-13)12-5-8-20-10-12/h5,8,10,19H,4,6-7,9,11H2,1-3H3. The quantitative estimate of drug-likeness (QED) is 0.845. The molecule has 0 fully saturated rings. The Balaban J connectivity index is 2.02. The Morgan fingerprint density at radius 1 is 1.33 bits per heavy atom. The molecule has 1 N–H and O–H groups in total. The molecule has 0 unspecified atom stereocenters. The van der Waals surface area contributed by atoms with Crippen molar-refractivity contribution in [1.29, 1.82) is 0 Å². The predicted octanol–water partition coefficient (Wildman–Crippen LogP) is 2.56. The number of nitrogens with zero attached hydrogens (tertiary/aromatic N) is 3. The Hall–Kier alpha value is -1.66. The minimum atomic E-state index is 0.170. The lowest BCUT2D eigenvalue weighted by Gasteiger charge is -2.28. The largest absolute Gasteiger partial charge is 0.472 e. The van der Waals surface area contributed by atoms with E-state index < -0.39 is 0 Å². The molecule has 2 aromatic rings. The van der Waals surface area contributed by atoms with Crippen LogP contribution in [0.1, 0.15) is 33.1 Å². The normalized spacial score (nSPS) is 12.2. The van der Waals surface area contributed by atoms with Gasteiger partial charge in [0, 0.05) is 19.7 Å². The molecule has 0 bridgehead atoms. The van der Waals surface area contributed by atoms with Gasteiger partial charge in [0.2, 0.25) is 11.7 Å². The molecular formula is C15H23N3O3. The van der Waals surface area contributed by atoms with E-state index in [9.17, 15) is 0 Å². The Bertz CT molecular complexity index is 529.